The summed E-state index contributed by atoms with van der Waals surface area (Å²) in [6, 6.07) is 10.6. The molecule has 0 heterocycles. The van der Waals surface area contributed by atoms with Crippen LogP contribution < -0.4 is 0 Å². The second-order valence-electron chi connectivity index (χ2n) is 3.98. The van der Waals surface area contributed by atoms with Gasteiger partial charge in [0.05, 0.1) is 15.6 Å². The lowest BCUT2D eigenvalue weighted by Crippen LogP contribution is -1.99. The molecule has 98 valence electrons. The third-order valence-electron chi connectivity index (χ3n) is 2.48. The topological polar surface area (TPSA) is 37.3 Å². The minimum Gasteiger partial charge on any atom is -0.478 e. The molecule has 0 unspecified atom stereocenters. The van der Waals surface area contributed by atoms with E-state index in [0.29, 0.717) is 14.9 Å². The van der Waals surface area contributed by atoms with Crippen molar-refractivity contribution in [1.82, 2.24) is 0 Å². The fourth-order valence-corrected chi connectivity index (χ4v) is 2.89. The van der Waals surface area contributed by atoms with E-state index >= 15 is 0 Å². The van der Waals surface area contributed by atoms with Crippen LogP contribution >= 0.6 is 35.0 Å². The Morgan fingerprint density at radius 1 is 1.11 bits per heavy atom. The average molecular weight is 313 g/mol. The first-order valence-corrected chi connectivity index (χ1v) is 7.01. The van der Waals surface area contributed by atoms with Gasteiger partial charge in [-0.3, -0.25) is 0 Å². The van der Waals surface area contributed by atoms with Crippen LogP contribution in [0, 0.1) is 6.92 Å². The van der Waals surface area contributed by atoms with Gasteiger partial charge in [0.25, 0.3) is 0 Å². The molecule has 0 aliphatic rings. The number of carboxylic acid groups (broad SMARTS) is 1. The minimum absolute atomic E-state index is 0.288. The predicted molar refractivity (Wildman–Crippen MR) is 78.7 cm³/mol. The molecule has 0 spiro atoms. The summed E-state index contributed by atoms with van der Waals surface area (Å²) in [5.74, 6) is -0.939. The van der Waals surface area contributed by atoms with Gasteiger partial charge >= 0.3 is 5.97 Å². The number of rotatable bonds is 3. The Bertz CT molecular complexity index is 641. The summed E-state index contributed by atoms with van der Waals surface area (Å²) >= 11 is 13.1. The zero-order valence-electron chi connectivity index (χ0n) is 9.98. The quantitative estimate of drug-likeness (QED) is 0.851. The molecular formula is C14H10Cl2O2S. The lowest BCUT2D eigenvalue weighted by Gasteiger charge is -2.07. The normalized spacial score (nSPS) is 10.5. The van der Waals surface area contributed by atoms with Crippen molar-refractivity contribution in [3.8, 4) is 0 Å². The van der Waals surface area contributed by atoms with Gasteiger partial charge in [0.15, 0.2) is 0 Å². The van der Waals surface area contributed by atoms with E-state index in [-0.39, 0.29) is 5.56 Å². The summed E-state index contributed by atoms with van der Waals surface area (Å²) in [6.07, 6.45) is 0. The molecule has 19 heavy (non-hydrogen) atoms. The van der Waals surface area contributed by atoms with E-state index in [9.17, 15) is 9.90 Å². The number of carbonyl (C=O) groups is 1. The third kappa shape index (κ3) is 3.44. The third-order valence-corrected chi connectivity index (χ3v) is 4.29. The van der Waals surface area contributed by atoms with Crippen molar-refractivity contribution < 1.29 is 9.90 Å². The highest BCUT2D eigenvalue weighted by Gasteiger charge is 2.12. The zero-order valence-corrected chi connectivity index (χ0v) is 12.3. The Hall–Kier alpha value is -1.16. The summed E-state index contributed by atoms with van der Waals surface area (Å²) in [5, 5.41) is 10.1. The summed E-state index contributed by atoms with van der Waals surface area (Å²) in [4.78, 5) is 12.7. The molecule has 2 aromatic rings. The van der Waals surface area contributed by atoms with Gasteiger partial charge in [-0.25, -0.2) is 4.79 Å². The van der Waals surface area contributed by atoms with Gasteiger partial charge in [-0.15, -0.1) is 0 Å². The fraction of sp³-hybridized carbons (Fsp3) is 0.0714. The summed E-state index contributed by atoms with van der Waals surface area (Å²) in [5.41, 5.74) is 1.20. The van der Waals surface area contributed by atoms with E-state index in [0.717, 1.165) is 10.5 Å². The molecule has 0 radical (unpaired) electrons. The van der Waals surface area contributed by atoms with Crippen LogP contribution in [0.2, 0.25) is 10.0 Å². The maximum atomic E-state index is 11.2. The van der Waals surface area contributed by atoms with Crippen molar-refractivity contribution in [1.29, 1.82) is 0 Å². The predicted octanol–water partition coefficient (Wildman–Crippen LogP) is 5.15. The Balaban J connectivity index is 2.37. The zero-order chi connectivity index (χ0) is 14.0. The van der Waals surface area contributed by atoms with Crippen LogP contribution in [0.15, 0.2) is 46.2 Å². The first kappa shape index (κ1) is 14.3. The van der Waals surface area contributed by atoms with Crippen molar-refractivity contribution in [2.45, 2.75) is 16.7 Å². The maximum absolute atomic E-state index is 11.2. The molecule has 0 saturated heterocycles. The second kappa shape index (κ2) is 5.87. The van der Waals surface area contributed by atoms with Crippen molar-refractivity contribution >= 4 is 40.9 Å². The SMILES string of the molecule is Cc1ccc(Sc2ccc(Cl)c(Cl)c2)c(C(=O)O)c1. The summed E-state index contributed by atoms with van der Waals surface area (Å²) < 4.78 is 0. The molecule has 2 aromatic carbocycles. The fourth-order valence-electron chi connectivity index (χ4n) is 1.57. The number of aromatic carboxylic acids is 1. The highest BCUT2D eigenvalue weighted by Crippen LogP contribution is 2.34. The van der Waals surface area contributed by atoms with Gasteiger partial charge < -0.3 is 5.11 Å². The molecule has 0 amide bonds. The summed E-state index contributed by atoms with van der Waals surface area (Å²) in [7, 11) is 0. The average Bonchev–Trinajstić information content (AvgIpc) is 2.36. The number of aryl methyl sites for hydroxylation is 1. The lowest BCUT2D eigenvalue weighted by atomic mass is 10.1. The standard InChI is InChI=1S/C14H10Cl2O2S/c1-8-2-5-13(10(6-8)14(17)18)19-9-3-4-11(15)12(16)7-9/h2-7H,1H3,(H,17,18). The monoisotopic (exact) mass is 312 g/mol. The van der Waals surface area contributed by atoms with Crippen molar-refractivity contribution in [2.75, 3.05) is 0 Å². The van der Waals surface area contributed by atoms with Crippen LogP contribution in [-0.4, -0.2) is 11.1 Å². The van der Waals surface area contributed by atoms with E-state index < -0.39 is 5.97 Å². The van der Waals surface area contributed by atoms with E-state index in [2.05, 4.69) is 0 Å². The van der Waals surface area contributed by atoms with Crippen molar-refractivity contribution in [3.05, 3.63) is 57.6 Å². The van der Waals surface area contributed by atoms with E-state index in [1.54, 1.807) is 24.3 Å². The second-order valence-corrected chi connectivity index (χ2v) is 5.91. The molecule has 0 atom stereocenters. The molecular weight excluding hydrogens is 303 g/mol. The number of halogens is 2. The van der Waals surface area contributed by atoms with E-state index in [4.69, 9.17) is 23.2 Å². The van der Waals surface area contributed by atoms with Crippen LogP contribution in [0.3, 0.4) is 0 Å². The van der Waals surface area contributed by atoms with Crippen LogP contribution in [0.25, 0.3) is 0 Å². The smallest absolute Gasteiger partial charge is 0.336 e. The van der Waals surface area contributed by atoms with Crippen molar-refractivity contribution in [2.24, 2.45) is 0 Å². The Kier molecular flexibility index (Phi) is 4.40. The molecule has 5 heteroatoms. The molecule has 2 rings (SSSR count). The Labute approximate surface area is 125 Å². The van der Waals surface area contributed by atoms with Gasteiger partial charge in [-0.05, 0) is 37.3 Å². The molecule has 1 N–H and O–H groups in total. The van der Waals surface area contributed by atoms with Crippen LogP contribution in [-0.2, 0) is 0 Å². The highest BCUT2D eigenvalue weighted by molar-refractivity contribution is 7.99. The lowest BCUT2D eigenvalue weighted by molar-refractivity contribution is 0.0693. The molecule has 0 aliphatic carbocycles. The maximum Gasteiger partial charge on any atom is 0.336 e. The largest absolute Gasteiger partial charge is 0.478 e. The van der Waals surface area contributed by atoms with Crippen LogP contribution in [0.4, 0.5) is 0 Å². The van der Waals surface area contributed by atoms with Gasteiger partial charge in [0.2, 0.25) is 0 Å². The van der Waals surface area contributed by atoms with Gasteiger partial charge in [-0.2, -0.15) is 0 Å². The molecule has 0 bridgehead atoms. The Morgan fingerprint density at radius 3 is 2.47 bits per heavy atom. The number of hydrogen-bond acceptors (Lipinski definition) is 2. The molecule has 2 nitrogen and oxygen atoms in total. The highest BCUT2D eigenvalue weighted by atomic mass is 35.5. The first-order chi connectivity index (χ1) is 8.97. The van der Waals surface area contributed by atoms with Crippen LogP contribution in [0.1, 0.15) is 15.9 Å². The molecule has 0 aliphatic heterocycles. The molecule has 0 saturated carbocycles. The van der Waals surface area contributed by atoms with Crippen molar-refractivity contribution in [3.63, 3.8) is 0 Å². The van der Waals surface area contributed by atoms with Gasteiger partial charge in [-0.1, -0.05) is 46.6 Å². The first-order valence-electron chi connectivity index (χ1n) is 5.44. The number of benzene rings is 2. The van der Waals surface area contributed by atoms with Gasteiger partial charge in [0, 0.05) is 9.79 Å². The van der Waals surface area contributed by atoms with E-state index in [1.807, 2.05) is 19.1 Å². The number of carboxylic acids is 1. The van der Waals surface area contributed by atoms with Gasteiger partial charge in [0.1, 0.15) is 0 Å². The van der Waals surface area contributed by atoms with Crippen LogP contribution in [0.5, 0.6) is 0 Å². The summed E-state index contributed by atoms with van der Waals surface area (Å²) in [6.45, 7) is 1.86. The van der Waals surface area contributed by atoms with E-state index in [1.165, 1.54) is 11.8 Å². The molecule has 0 aromatic heterocycles. The molecule has 0 fully saturated rings. The number of hydrogen-bond donors (Lipinski definition) is 1. The minimum atomic E-state index is -0.939. The Morgan fingerprint density at radius 2 is 1.84 bits per heavy atom.